The van der Waals surface area contributed by atoms with Crippen molar-refractivity contribution in [1.29, 1.82) is 0 Å². The lowest BCUT2D eigenvalue weighted by Crippen LogP contribution is -1.90. The second kappa shape index (κ2) is 4.80. The Hall–Kier alpha value is -1.82. The zero-order chi connectivity index (χ0) is 11.4. The van der Waals surface area contributed by atoms with Crippen LogP contribution >= 0.6 is 11.8 Å². The summed E-state index contributed by atoms with van der Waals surface area (Å²) < 4.78 is 1.94. The van der Waals surface area contributed by atoms with Gasteiger partial charge in [-0.25, -0.2) is 4.98 Å². The molecule has 0 fully saturated rings. The summed E-state index contributed by atoms with van der Waals surface area (Å²) in [5.74, 6) is 0.748. The van der Waals surface area contributed by atoms with E-state index in [4.69, 9.17) is 0 Å². The van der Waals surface area contributed by atoms with Crippen LogP contribution in [0.5, 0.6) is 0 Å². The van der Waals surface area contributed by atoms with Crippen molar-refractivity contribution in [2.45, 2.75) is 10.8 Å². The molecule has 0 spiro atoms. The Kier molecular flexibility index (Phi) is 3.21. The van der Waals surface area contributed by atoms with E-state index in [-0.39, 0.29) is 5.69 Å². The van der Waals surface area contributed by atoms with Gasteiger partial charge >= 0.3 is 0 Å². The Bertz CT molecular complexity index is 467. The maximum Gasteiger partial charge on any atom is 0.269 e. The van der Waals surface area contributed by atoms with Gasteiger partial charge in [-0.2, -0.15) is 0 Å². The lowest BCUT2D eigenvalue weighted by molar-refractivity contribution is -0.384. The van der Waals surface area contributed by atoms with Gasteiger partial charge in [0.1, 0.15) is 0 Å². The van der Waals surface area contributed by atoms with Crippen molar-refractivity contribution in [2.75, 3.05) is 0 Å². The van der Waals surface area contributed by atoms with Crippen molar-refractivity contribution in [2.24, 2.45) is 0 Å². The Morgan fingerprint density at radius 3 is 2.69 bits per heavy atom. The molecule has 0 aliphatic heterocycles. The van der Waals surface area contributed by atoms with E-state index in [9.17, 15) is 10.1 Å². The summed E-state index contributed by atoms with van der Waals surface area (Å²) >= 11 is 1.60. The van der Waals surface area contributed by atoms with Crippen LogP contribution in [0.15, 0.2) is 47.9 Å². The lowest BCUT2D eigenvalue weighted by atomic mass is 10.3. The number of non-ortho nitro benzene ring substituents is 1. The quantitative estimate of drug-likeness (QED) is 0.464. The number of aromatic nitrogens is 2. The average Bonchev–Trinajstić information content (AvgIpc) is 2.80. The number of thioether (sulfide) groups is 1. The molecule has 1 aromatic carbocycles. The zero-order valence-electron chi connectivity index (χ0n) is 8.31. The molecule has 0 N–H and O–H groups in total. The number of nitro groups is 1. The molecule has 0 atom stereocenters. The summed E-state index contributed by atoms with van der Waals surface area (Å²) in [6.07, 6.45) is 5.33. The van der Waals surface area contributed by atoms with Crippen LogP contribution in [0.1, 0.15) is 0 Å². The minimum Gasteiger partial charge on any atom is -0.327 e. The van der Waals surface area contributed by atoms with Crippen LogP contribution in [0.2, 0.25) is 0 Å². The van der Waals surface area contributed by atoms with Crippen molar-refractivity contribution < 1.29 is 4.92 Å². The summed E-state index contributed by atoms with van der Waals surface area (Å²) in [6.45, 7) is 0. The molecule has 0 saturated carbocycles. The molecule has 0 unspecified atom stereocenters. The van der Waals surface area contributed by atoms with E-state index in [0.717, 1.165) is 10.8 Å². The van der Waals surface area contributed by atoms with Crippen LogP contribution in [0.3, 0.4) is 0 Å². The Labute approximate surface area is 96.3 Å². The van der Waals surface area contributed by atoms with E-state index in [1.807, 2.05) is 10.8 Å². The van der Waals surface area contributed by atoms with E-state index in [0.29, 0.717) is 0 Å². The molecule has 16 heavy (non-hydrogen) atoms. The van der Waals surface area contributed by atoms with Gasteiger partial charge in [-0.15, -0.1) is 11.8 Å². The van der Waals surface area contributed by atoms with Gasteiger partial charge in [0.15, 0.2) is 0 Å². The molecular formula is C10H9N3O2S. The summed E-state index contributed by atoms with van der Waals surface area (Å²) in [4.78, 5) is 15.0. The number of rotatable bonds is 4. The average molecular weight is 235 g/mol. The van der Waals surface area contributed by atoms with Crippen molar-refractivity contribution in [1.82, 2.24) is 9.55 Å². The van der Waals surface area contributed by atoms with Gasteiger partial charge in [0, 0.05) is 29.4 Å². The van der Waals surface area contributed by atoms with Crippen molar-refractivity contribution in [3.63, 3.8) is 0 Å². The molecule has 1 aromatic heterocycles. The van der Waals surface area contributed by atoms with E-state index in [1.54, 1.807) is 36.4 Å². The molecule has 2 aromatic rings. The highest BCUT2D eigenvalue weighted by atomic mass is 32.2. The molecule has 0 aliphatic carbocycles. The third-order valence-electron chi connectivity index (χ3n) is 1.99. The minimum absolute atomic E-state index is 0.118. The summed E-state index contributed by atoms with van der Waals surface area (Å²) in [6, 6.07) is 6.52. The first-order valence-electron chi connectivity index (χ1n) is 4.59. The Balaban J connectivity index is 1.98. The van der Waals surface area contributed by atoms with Crippen LogP contribution < -0.4 is 0 Å². The molecular weight excluding hydrogens is 226 g/mol. The number of hydrogen-bond donors (Lipinski definition) is 0. The zero-order valence-corrected chi connectivity index (χ0v) is 9.13. The normalized spacial score (nSPS) is 10.2. The second-order valence-electron chi connectivity index (χ2n) is 3.10. The molecule has 1 heterocycles. The summed E-state index contributed by atoms with van der Waals surface area (Å²) in [7, 11) is 0. The molecule has 0 saturated heterocycles. The van der Waals surface area contributed by atoms with Gasteiger partial charge in [-0.3, -0.25) is 10.1 Å². The molecule has 6 heteroatoms. The van der Waals surface area contributed by atoms with E-state index >= 15 is 0 Å². The van der Waals surface area contributed by atoms with Gasteiger partial charge in [-0.05, 0) is 12.1 Å². The first-order chi connectivity index (χ1) is 7.75. The smallest absolute Gasteiger partial charge is 0.269 e. The van der Waals surface area contributed by atoms with E-state index in [2.05, 4.69) is 4.98 Å². The number of benzene rings is 1. The van der Waals surface area contributed by atoms with Gasteiger partial charge < -0.3 is 4.57 Å². The number of imidazole rings is 1. The predicted octanol–water partition coefficient (Wildman–Crippen LogP) is 2.54. The topological polar surface area (TPSA) is 61.0 Å². The number of nitrogens with zero attached hydrogens (tertiary/aromatic N) is 3. The third-order valence-corrected chi connectivity index (χ3v) is 3.02. The maximum absolute atomic E-state index is 10.4. The summed E-state index contributed by atoms with van der Waals surface area (Å²) in [5.41, 5.74) is 0.118. The molecule has 2 rings (SSSR count). The van der Waals surface area contributed by atoms with Crippen LogP contribution in [-0.4, -0.2) is 14.5 Å². The van der Waals surface area contributed by atoms with Crippen LogP contribution in [-0.2, 0) is 5.88 Å². The first kappa shape index (κ1) is 10.7. The predicted molar refractivity (Wildman–Crippen MR) is 61.2 cm³/mol. The minimum atomic E-state index is -0.398. The molecule has 82 valence electrons. The van der Waals surface area contributed by atoms with Gasteiger partial charge in [0.05, 0.1) is 17.1 Å². The summed E-state index contributed by atoms with van der Waals surface area (Å²) in [5, 5.41) is 10.4. The maximum atomic E-state index is 10.4. The number of hydrogen-bond acceptors (Lipinski definition) is 4. The SMILES string of the molecule is O=[N+]([O-])c1ccc(SCn2ccnc2)cc1. The van der Waals surface area contributed by atoms with Crippen LogP contribution in [0.4, 0.5) is 5.69 Å². The van der Waals surface area contributed by atoms with Gasteiger partial charge in [0.25, 0.3) is 5.69 Å². The van der Waals surface area contributed by atoms with E-state index < -0.39 is 4.92 Å². The first-order valence-corrected chi connectivity index (χ1v) is 5.57. The molecule has 5 nitrogen and oxygen atoms in total. The van der Waals surface area contributed by atoms with Crippen LogP contribution in [0.25, 0.3) is 0 Å². The molecule has 0 aliphatic rings. The van der Waals surface area contributed by atoms with E-state index in [1.165, 1.54) is 12.1 Å². The highest BCUT2D eigenvalue weighted by Crippen LogP contribution is 2.22. The Morgan fingerprint density at radius 2 is 2.12 bits per heavy atom. The van der Waals surface area contributed by atoms with Crippen LogP contribution in [0, 0.1) is 10.1 Å². The third kappa shape index (κ3) is 2.60. The highest BCUT2D eigenvalue weighted by molar-refractivity contribution is 7.98. The van der Waals surface area contributed by atoms with Crippen molar-refractivity contribution >= 4 is 17.4 Å². The fraction of sp³-hybridized carbons (Fsp3) is 0.100. The second-order valence-corrected chi connectivity index (χ2v) is 4.12. The standard InChI is InChI=1S/C10H9N3O2S/c14-13(15)9-1-3-10(4-2-9)16-8-12-6-5-11-7-12/h1-7H,8H2. The van der Waals surface area contributed by atoms with Crippen molar-refractivity contribution in [3.05, 3.63) is 53.1 Å². The molecule has 0 amide bonds. The molecule has 0 bridgehead atoms. The molecule has 0 radical (unpaired) electrons. The van der Waals surface area contributed by atoms with Gasteiger partial charge in [0.2, 0.25) is 0 Å². The Morgan fingerprint density at radius 1 is 1.38 bits per heavy atom. The number of nitro benzene ring substituents is 1. The lowest BCUT2D eigenvalue weighted by Gasteiger charge is -2.01. The largest absolute Gasteiger partial charge is 0.327 e. The van der Waals surface area contributed by atoms with Crippen molar-refractivity contribution in [3.8, 4) is 0 Å². The van der Waals surface area contributed by atoms with Gasteiger partial charge in [-0.1, -0.05) is 0 Å². The fourth-order valence-electron chi connectivity index (χ4n) is 1.18. The monoisotopic (exact) mass is 235 g/mol. The fourth-order valence-corrected chi connectivity index (χ4v) is 1.96. The highest BCUT2D eigenvalue weighted by Gasteiger charge is 2.03.